The third kappa shape index (κ3) is 5.96. The summed E-state index contributed by atoms with van der Waals surface area (Å²) in [5.74, 6) is 1.90. The summed E-state index contributed by atoms with van der Waals surface area (Å²) < 4.78 is 15.8. The van der Waals surface area contributed by atoms with Gasteiger partial charge in [-0.15, -0.1) is 0 Å². The van der Waals surface area contributed by atoms with E-state index < -0.39 is 21.3 Å². The van der Waals surface area contributed by atoms with Crippen LogP contribution in [0.5, 0.6) is 0 Å². The van der Waals surface area contributed by atoms with Gasteiger partial charge >= 0.3 is 140 Å². The minimum atomic E-state index is -2.16. The molecular weight excluding hydrogens is 430 g/mol. The summed E-state index contributed by atoms with van der Waals surface area (Å²) in [6.45, 7) is 5.17. The van der Waals surface area contributed by atoms with Gasteiger partial charge in [0.2, 0.25) is 0 Å². The molecule has 2 aliphatic carbocycles. The van der Waals surface area contributed by atoms with E-state index in [0.29, 0.717) is 13.2 Å². The molecule has 134 valence electrons. The van der Waals surface area contributed by atoms with E-state index in [9.17, 15) is 0 Å². The predicted octanol–water partition coefficient (Wildman–Crippen LogP) is -3.81. The molecule has 0 saturated heterocycles. The van der Waals surface area contributed by atoms with Crippen molar-refractivity contribution in [3.8, 4) is 0 Å². The maximum atomic E-state index is 8.99. The van der Waals surface area contributed by atoms with E-state index in [4.69, 9.17) is 19.7 Å². The van der Waals surface area contributed by atoms with Gasteiger partial charge in [0.15, 0.2) is 0 Å². The zero-order valence-corrected chi connectivity index (χ0v) is 18.0. The van der Waals surface area contributed by atoms with Crippen molar-refractivity contribution < 1.29 is 65.8 Å². The summed E-state index contributed by atoms with van der Waals surface area (Å²) in [6.07, 6.45) is 10.2. The van der Waals surface area contributed by atoms with Crippen LogP contribution in [0.2, 0.25) is 0 Å². The Labute approximate surface area is 163 Å². The molecule has 0 radical (unpaired) electrons. The molecular formula is C17H24Cl2O4Zr. The largest absolute Gasteiger partial charge is 1.00 e. The standard InChI is InChI=1S/2C7H9O2.C3H6.2ClH.Zr/c2*8-5-6-9-7-3-1-2-4-7;1-3-2;;;/h2*1,3,8H,2,5-6H2;1-2H3;2*1H;/q;;;;;+2/p-2. The zero-order chi connectivity index (χ0) is 15.9. The van der Waals surface area contributed by atoms with Crippen LogP contribution in [0, 0.1) is 0 Å². The molecule has 0 saturated carbocycles. The molecule has 0 atom stereocenters. The number of aliphatic hydroxyl groups is 2. The molecule has 7 heteroatoms. The van der Waals surface area contributed by atoms with Crippen LogP contribution in [-0.4, -0.2) is 39.8 Å². The Morgan fingerprint density at radius 1 is 0.917 bits per heavy atom. The van der Waals surface area contributed by atoms with E-state index in [2.05, 4.69) is 26.0 Å². The second kappa shape index (κ2) is 12.2. The van der Waals surface area contributed by atoms with Crippen molar-refractivity contribution in [3.63, 3.8) is 0 Å². The molecule has 0 fully saturated rings. The fraction of sp³-hybridized carbons (Fsp3) is 0.471. The molecule has 0 aromatic carbocycles. The van der Waals surface area contributed by atoms with Crippen LogP contribution in [0.1, 0.15) is 26.7 Å². The smallest absolute Gasteiger partial charge is 1.00 e. The molecule has 0 aromatic rings. The van der Waals surface area contributed by atoms with Crippen molar-refractivity contribution >= 4 is 3.21 Å². The fourth-order valence-electron chi connectivity index (χ4n) is 2.79. The molecule has 2 rings (SSSR count). The monoisotopic (exact) mass is 452 g/mol. The Hall–Kier alpha value is -0.187. The topological polar surface area (TPSA) is 58.9 Å². The average molecular weight is 455 g/mol. The number of halogens is 2. The molecule has 0 bridgehead atoms. The van der Waals surface area contributed by atoms with Crippen molar-refractivity contribution in [2.45, 2.75) is 26.7 Å². The summed E-state index contributed by atoms with van der Waals surface area (Å²) in [7, 11) is 0. The van der Waals surface area contributed by atoms with Crippen molar-refractivity contribution in [2.75, 3.05) is 26.4 Å². The number of allylic oxidation sites excluding steroid dienone is 6. The predicted molar refractivity (Wildman–Crippen MR) is 84.0 cm³/mol. The van der Waals surface area contributed by atoms with Gasteiger partial charge in [0.05, 0.1) is 0 Å². The van der Waals surface area contributed by atoms with Crippen LogP contribution in [0.3, 0.4) is 0 Å². The number of hydrogen-bond donors (Lipinski definition) is 2. The number of hydrogen-bond acceptors (Lipinski definition) is 4. The van der Waals surface area contributed by atoms with Crippen LogP contribution >= 0.6 is 0 Å². The zero-order valence-electron chi connectivity index (χ0n) is 14.0. The third-order valence-electron chi connectivity index (χ3n) is 3.58. The van der Waals surface area contributed by atoms with E-state index in [1.54, 1.807) is 0 Å². The van der Waals surface area contributed by atoms with Gasteiger partial charge in [0.25, 0.3) is 0 Å². The van der Waals surface area contributed by atoms with Gasteiger partial charge in [-0.2, -0.15) is 0 Å². The van der Waals surface area contributed by atoms with E-state index >= 15 is 0 Å². The van der Waals surface area contributed by atoms with Gasteiger partial charge in [-0.05, 0) is 0 Å². The molecule has 0 heterocycles. The minimum Gasteiger partial charge on any atom is -1.00 e. The molecule has 0 aliphatic heterocycles. The van der Waals surface area contributed by atoms with Gasteiger partial charge in [0.1, 0.15) is 0 Å². The molecule has 0 aromatic heterocycles. The van der Waals surface area contributed by atoms with Crippen molar-refractivity contribution in [1.29, 1.82) is 0 Å². The summed E-state index contributed by atoms with van der Waals surface area (Å²) in [6, 6.07) is 0. The SMILES string of the molecule is C[C](C)=[Zr+2]([C]1=C(OCCO)C=CC1)[C]1=C(OCCO)C=CC1.[Cl-].[Cl-]. The molecule has 2 N–H and O–H groups in total. The quantitative estimate of drug-likeness (QED) is 0.395. The van der Waals surface area contributed by atoms with E-state index in [-0.39, 0.29) is 38.0 Å². The van der Waals surface area contributed by atoms with Gasteiger partial charge in [-0.25, -0.2) is 0 Å². The van der Waals surface area contributed by atoms with Crippen molar-refractivity contribution in [3.05, 3.63) is 42.4 Å². The van der Waals surface area contributed by atoms with Crippen molar-refractivity contribution in [1.82, 2.24) is 0 Å². The van der Waals surface area contributed by atoms with Crippen LogP contribution in [0.4, 0.5) is 0 Å². The maximum absolute atomic E-state index is 8.99. The molecule has 0 amide bonds. The average Bonchev–Trinajstić information content (AvgIpc) is 3.13. The fourth-order valence-corrected chi connectivity index (χ4v) is 10.2. The van der Waals surface area contributed by atoms with E-state index in [1.165, 1.54) is 9.77 Å². The summed E-state index contributed by atoms with van der Waals surface area (Å²) in [4.78, 5) is 0. The van der Waals surface area contributed by atoms with Crippen LogP contribution in [0.15, 0.2) is 42.4 Å². The van der Waals surface area contributed by atoms with Crippen LogP contribution in [0.25, 0.3) is 0 Å². The summed E-state index contributed by atoms with van der Waals surface area (Å²) >= 11 is -2.16. The van der Waals surface area contributed by atoms with E-state index in [0.717, 1.165) is 24.4 Å². The number of aliphatic hydroxyl groups excluding tert-OH is 2. The van der Waals surface area contributed by atoms with Gasteiger partial charge in [-0.3, -0.25) is 0 Å². The Balaban J connectivity index is 0.00000264. The van der Waals surface area contributed by atoms with Crippen LogP contribution in [-0.2, 0) is 30.7 Å². The molecule has 4 nitrogen and oxygen atoms in total. The Bertz CT molecular complexity index is 529. The normalized spacial score (nSPS) is 15.0. The minimum absolute atomic E-state index is 0. The molecule has 2 aliphatic rings. The van der Waals surface area contributed by atoms with E-state index in [1.807, 2.05) is 12.2 Å². The molecule has 0 spiro atoms. The van der Waals surface area contributed by atoms with Gasteiger partial charge in [-0.1, -0.05) is 0 Å². The number of ether oxygens (including phenoxy) is 2. The Morgan fingerprint density at radius 3 is 1.67 bits per heavy atom. The first kappa shape index (κ1) is 23.8. The van der Waals surface area contributed by atoms with Gasteiger partial charge < -0.3 is 24.8 Å². The second-order valence-electron chi connectivity index (χ2n) is 5.42. The summed E-state index contributed by atoms with van der Waals surface area (Å²) in [5.41, 5.74) is 0. The van der Waals surface area contributed by atoms with Crippen molar-refractivity contribution in [2.24, 2.45) is 0 Å². The third-order valence-corrected chi connectivity index (χ3v) is 11.2. The first-order chi connectivity index (χ1) is 10.7. The van der Waals surface area contributed by atoms with Gasteiger partial charge in [0, 0.05) is 0 Å². The second-order valence-corrected chi connectivity index (χ2v) is 12.7. The molecule has 24 heavy (non-hydrogen) atoms. The first-order valence-electron chi connectivity index (χ1n) is 7.64. The first-order valence-corrected chi connectivity index (χ1v) is 11.3. The summed E-state index contributed by atoms with van der Waals surface area (Å²) in [5, 5.41) is 18.0. The Morgan fingerprint density at radius 2 is 1.33 bits per heavy atom. The van der Waals surface area contributed by atoms with Crippen LogP contribution < -0.4 is 24.8 Å². The Kier molecular flexibility index (Phi) is 12.1. The molecule has 0 unspecified atom stereocenters. The number of rotatable bonds is 8. The maximum Gasteiger partial charge on any atom is -1.00 e.